The van der Waals surface area contributed by atoms with Crippen molar-refractivity contribution < 1.29 is 4.39 Å². The number of thioether (sulfide) groups is 1. The fraction of sp³-hybridized carbons (Fsp3) is 0.176. The number of hydrogen-bond donors (Lipinski definition) is 0. The molecule has 0 bridgehead atoms. The van der Waals surface area contributed by atoms with Gasteiger partial charge < -0.3 is 0 Å². The number of halogens is 1. The molecule has 1 aromatic heterocycles. The lowest BCUT2D eigenvalue weighted by Crippen LogP contribution is -1.99. The van der Waals surface area contributed by atoms with Gasteiger partial charge in [0.05, 0.1) is 0 Å². The van der Waals surface area contributed by atoms with Gasteiger partial charge in [-0.3, -0.25) is 4.57 Å². The normalized spacial score (nSPS) is 10.8. The first kappa shape index (κ1) is 14.8. The third kappa shape index (κ3) is 3.04. The molecule has 0 amide bonds. The zero-order valence-electron chi connectivity index (χ0n) is 12.2. The van der Waals surface area contributed by atoms with Gasteiger partial charge in [-0.15, -0.1) is 10.2 Å². The first-order valence-electron chi connectivity index (χ1n) is 7.19. The van der Waals surface area contributed by atoms with E-state index in [1.54, 1.807) is 23.9 Å². The summed E-state index contributed by atoms with van der Waals surface area (Å²) in [5.41, 5.74) is 1.85. The Hall–Kier alpha value is -2.14. The van der Waals surface area contributed by atoms with Crippen LogP contribution in [0.1, 0.15) is 13.3 Å². The minimum Gasteiger partial charge on any atom is -0.270 e. The van der Waals surface area contributed by atoms with Crippen LogP contribution >= 0.6 is 11.8 Å². The smallest absolute Gasteiger partial charge is 0.196 e. The van der Waals surface area contributed by atoms with Crippen molar-refractivity contribution >= 4 is 11.8 Å². The van der Waals surface area contributed by atoms with Crippen LogP contribution in [-0.4, -0.2) is 20.5 Å². The van der Waals surface area contributed by atoms with Crippen molar-refractivity contribution in [1.29, 1.82) is 0 Å². The zero-order valence-corrected chi connectivity index (χ0v) is 13.1. The number of hydrogen-bond acceptors (Lipinski definition) is 3. The molecule has 3 aromatic rings. The summed E-state index contributed by atoms with van der Waals surface area (Å²) in [5.74, 6) is 1.45. The summed E-state index contributed by atoms with van der Waals surface area (Å²) in [5, 5.41) is 9.48. The van der Waals surface area contributed by atoms with E-state index in [-0.39, 0.29) is 5.82 Å². The summed E-state index contributed by atoms with van der Waals surface area (Å²) in [7, 11) is 0. The summed E-state index contributed by atoms with van der Waals surface area (Å²) in [6.45, 7) is 2.14. The Morgan fingerprint density at radius 1 is 1.00 bits per heavy atom. The monoisotopic (exact) mass is 313 g/mol. The molecule has 0 N–H and O–H groups in total. The SMILES string of the molecule is CCCSc1nnc(-c2ccc(F)cc2)n1-c1ccccc1. The van der Waals surface area contributed by atoms with Crippen LogP contribution in [0.2, 0.25) is 0 Å². The van der Waals surface area contributed by atoms with Crippen molar-refractivity contribution in [3.8, 4) is 17.1 Å². The van der Waals surface area contributed by atoms with Crippen LogP contribution in [0.25, 0.3) is 17.1 Å². The van der Waals surface area contributed by atoms with E-state index in [4.69, 9.17) is 0 Å². The quantitative estimate of drug-likeness (QED) is 0.646. The van der Waals surface area contributed by atoms with Crippen LogP contribution in [0.3, 0.4) is 0 Å². The molecule has 0 aliphatic heterocycles. The fourth-order valence-corrected chi connectivity index (χ4v) is 2.96. The molecular weight excluding hydrogens is 297 g/mol. The van der Waals surface area contributed by atoms with E-state index in [9.17, 15) is 4.39 Å². The highest BCUT2D eigenvalue weighted by Crippen LogP contribution is 2.28. The molecule has 0 aliphatic carbocycles. The van der Waals surface area contributed by atoms with Crippen LogP contribution < -0.4 is 0 Å². The molecule has 5 heteroatoms. The minimum atomic E-state index is -0.255. The lowest BCUT2D eigenvalue weighted by atomic mass is 10.2. The summed E-state index contributed by atoms with van der Waals surface area (Å²) in [6.07, 6.45) is 1.07. The number of aromatic nitrogens is 3. The highest BCUT2D eigenvalue weighted by atomic mass is 32.2. The van der Waals surface area contributed by atoms with E-state index in [0.29, 0.717) is 0 Å². The average molecular weight is 313 g/mol. The molecule has 0 saturated heterocycles. The predicted molar refractivity (Wildman–Crippen MR) is 87.8 cm³/mol. The second-order valence-electron chi connectivity index (χ2n) is 4.83. The Morgan fingerprint density at radius 2 is 1.73 bits per heavy atom. The summed E-state index contributed by atoms with van der Waals surface area (Å²) in [4.78, 5) is 0. The molecule has 3 rings (SSSR count). The molecular formula is C17H16FN3S. The van der Waals surface area contributed by atoms with E-state index < -0.39 is 0 Å². The molecule has 0 unspecified atom stereocenters. The van der Waals surface area contributed by atoms with E-state index in [2.05, 4.69) is 17.1 Å². The van der Waals surface area contributed by atoms with Crippen LogP contribution in [0.5, 0.6) is 0 Å². The number of para-hydroxylation sites is 1. The molecule has 0 fully saturated rings. The Labute approximate surface area is 133 Å². The number of benzene rings is 2. The molecule has 3 nitrogen and oxygen atoms in total. The fourth-order valence-electron chi connectivity index (χ4n) is 2.15. The van der Waals surface area contributed by atoms with Gasteiger partial charge in [-0.25, -0.2) is 4.39 Å². The number of nitrogens with zero attached hydrogens (tertiary/aromatic N) is 3. The predicted octanol–water partition coefficient (Wildman–Crippen LogP) is 4.58. The molecule has 0 saturated carbocycles. The van der Waals surface area contributed by atoms with Gasteiger partial charge in [0.25, 0.3) is 0 Å². The molecule has 112 valence electrons. The standard InChI is InChI=1S/C17H16FN3S/c1-2-12-22-17-20-19-16(13-8-10-14(18)11-9-13)21(17)15-6-4-3-5-7-15/h3-11H,2,12H2,1H3. The van der Waals surface area contributed by atoms with Crippen molar-refractivity contribution in [2.45, 2.75) is 18.5 Å². The van der Waals surface area contributed by atoms with Crippen molar-refractivity contribution in [3.63, 3.8) is 0 Å². The van der Waals surface area contributed by atoms with Crippen molar-refractivity contribution in [2.24, 2.45) is 0 Å². The first-order chi connectivity index (χ1) is 10.8. The highest BCUT2D eigenvalue weighted by molar-refractivity contribution is 7.99. The van der Waals surface area contributed by atoms with E-state index in [0.717, 1.165) is 34.4 Å². The number of rotatable bonds is 5. The minimum absolute atomic E-state index is 0.255. The summed E-state index contributed by atoms with van der Waals surface area (Å²) >= 11 is 1.68. The lowest BCUT2D eigenvalue weighted by molar-refractivity contribution is 0.628. The van der Waals surface area contributed by atoms with Crippen LogP contribution in [0.4, 0.5) is 4.39 Å². The van der Waals surface area contributed by atoms with Crippen molar-refractivity contribution in [3.05, 3.63) is 60.4 Å². The van der Waals surface area contributed by atoms with Gasteiger partial charge in [-0.2, -0.15) is 0 Å². The van der Waals surface area contributed by atoms with E-state index >= 15 is 0 Å². The molecule has 0 spiro atoms. The molecule has 1 heterocycles. The first-order valence-corrected chi connectivity index (χ1v) is 8.17. The van der Waals surface area contributed by atoms with Gasteiger partial charge in [0.2, 0.25) is 0 Å². The summed E-state index contributed by atoms with van der Waals surface area (Å²) in [6, 6.07) is 16.3. The van der Waals surface area contributed by atoms with Gasteiger partial charge in [0.1, 0.15) is 5.82 Å². The second kappa shape index (κ2) is 6.75. The second-order valence-corrected chi connectivity index (χ2v) is 5.89. The Kier molecular flexibility index (Phi) is 4.53. The maximum absolute atomic E-state index is 13.2. The van der Waals surface area contributed by atoms with Crippen molar-refractivity contribution in [2.75, 3.05) is 5.75 Å². The van der Waals surface area contributed by atoms with Gasteiger partial charge >= 0.3 is 0 Å². The lowest BCUT2D eigenvalue weighted by Gasteiger charge is -2.10. The largest absolute Gasteiger partial charge is 0.270 e. The van der Waals surface area contributed by atoms with Gasteiger partial charge in [0.15, 0.2) is 11.0 Å². The molecule has 22 heavy (non-hydrogen) atoms. The Bertz CT molecular complexity index is 738. The molecule has 0 atom stereocenters. The zero-order chi connectivity index (χ0) is 15.4. The topological polar surface area (TPSA) is 30.7 Å². The molecule has 0 aliphatic rings. The third-order valence-corrected chi connectivity index (χ3v) is 4.32. The average Bonchev–Trinajstić information content (AvgIpc) is 2.98. The Balaban J connectivity index is 2.10. The maximum atomic E-state index is 13.2. The van der Waals surface area contributed by atoms with Gasteiger partial charge in [0, 0.05) is 17.0 Å². The molecule has 0 radical (unpaired) electrons. The van der Waals surface area contributed by atoms with Gasteiger partial charge in [-0.05, 0) is 42.8 Å². The molecule has 2 aromatic carbocycles. The van der Waals surface area contributed by atoms with Crippen LogP contribution in [-0.2, 0) is 0 Å². The van der Waals surface area contributed by atoms with Crippen LogP contribution in [0.15, 0.2) is 59.8 Å². The van der Waals surface area contributed by atoms with E-state index in [1.807, 2.05) is 34.9 Å². The van der Waals surface area contributed by atoms with Crippen LogP contribution in [0, 0.1) is 5.82 Å². The maximum Gasteiger partial charge on any atom is 0.196 e. The van der Waals surface area contributed by atoms with Gasteiger partial charge in [-0.1, -0.05) is 36.9 Å². The summed E-state index contributed by atoms with van der Waals surface area (Å²) < 4.78 is 15.2. The third-order valence-electron chi connectivity index (χ3n) is 3.19. The van der Waals surface area contributed by atoms with Crippen molar-refractivity contribution in [1.82, 2.24) is 14.8 Å². The van der Waals surface area contributed by atoms with E-state index in [1.165, 1.54) is 12.1 Å². The Morgan fingerprint density at radius 3 is 2.41 bits per heavy atom. The highest BCUT2D eigenvalue weighted by Gasteiger charge is 2.15.